The van der Waals surface area contributed by atoms with Gasteiger partial charge in [0, 0.05) is 5.56 Å². The number of hydrogen-bond donors (Lipinski definition) is 0. The van der Waals surface area contributed by atoms with E-state index in [1.807, 2.05) is 54.8 Å². The van der Waals surface area contributed by atoms with E-state index in [0.717, 1.165) is 5.56 Å². The fourth-order valence-corrected chi connectivity index (χ4v) is 2.93. The van der Waals surface area contributed by atoms with Crippen molar-refractivity contribution in [3.8, 4) is 11.5 Å². The average molecular weight is 302 g/mol. The van der Waals surface area contributed by atoms with Crippen molar-refractivity contribution in [1.29, 1.82) is 0 Å². The lowest BCUT2D eigenvalue weighted by Gasteiger charge is -2.16. The quantitative estimate of drug-likeness (QED) is 0.756. The van der Waals surface area contributed by atoms with Gasteiger partial charge < -0.3 is 9.47 Å². The monoisotopic (exact) mass is 302 g/mol. The molecule has 0 aliphatic carbocycles. The maximum atomic E-state index is 12.6. The molecule has 2 rings (SSSR count). The maximum absolute atomic E-state index is 12.6. The van der Waals surface area contributed by atoms with Crippen molar-refractivity contribution in [3.05, 3.63) is 59.7 Å². The van der Waals surface area contributed by atoms with Crippen LogP contribution in [-0.4, -0.2) is 26.3 Å². The Labute approximate surface area is 129 Å². The zero-order valence-corrected chi connectivity index (χ0v) is 13.1. The van der Waals surface area contributed by atoms with Crippen LogP contribution in [0.25, 0.3) is 0 Å². The summed E-state index contributed by atoms with van der Waals surface area (Å²) in [5.74, 6) is 1.39. The van der Waals surface area contributed by atoms with Crippen LogP contribution in [0.4, 0.5) is 0 Å². The van der Waals surface area contributed by atoms with Crippen molar-refractivity contribution >= 4 is 17.5 Å². The predicted molar refractivity (Wildman–Crippen MR) is 86.6 cm³/mol. The number of ketones is 1. The van der Waals surface area contributed by atoms with Gasteiger partial charge in [-0.05, 0) is 24.0 Å². The number of rotatable bonds is 6. The van der Waals surface area contributed by atoms with Gasteiger partial charge in [0.15, 0.2) is 17.3 Å². The molecule has 2 aromatic rings. The molecule has 0 fully saturated rings. The second-order valence-electron chi connectivity index (χ2n) is 4.46. The summed E-state index contributed by atoms with van der Waals surface area (Å²) >= 11 is 1.51. The van der Waals surface area contributed by atoms with Gasteiger partial charge in [0.1, 0.15) is 0 Å². The molecule has 0 radical (unpaired) electrons. The highest BCUT2D eigenvalue weighted by molar-refractivity contribution is 7.99. The van der Waals surface area contributed by atoms with Crippen LogP contribution in [-0.2, 0) is 0 Å². The summed E-state index contributed by atoms with van der Waals surface area (Å²) in [7, 11) is 3.19. The smallest absolute Gasteiger partial charge is 0.180 e. The van der Waals surface area contributed by atoms with Crippen LogP contribution in [0, 0.1) is 0 Å². The van der Waals surface area contributed by atoms with Gasteiger partial charge in [-0.1, -0.05) is 36.4 Å². The van der Waals surface area contributed by atoms with Crippen molar-refractivity contribution in [2.75, 3.05) is 20.5 Å². The summed E-state index contributed by atoms with van der Waals surface area (Å²) in [6, 6.07) is 14.9. The minimum Gasteiger partial charge on any atom is -0.493 e. The predicted octanol–water partition coefficient (Wildman–Crippen LogP) is 3.99. The second-order valence-corrected chi connectivity index (χ2v) is 5.40. The Kier molecular flexibility index (Phi) is 5.28. The molecule has 0 bridgehead atoms. The second kappa shape index (κ2) is 7.18. The molecule has 3 nitrogen and oxygen atoms in total. The number of benzene rings is 2. The van der Waals surface area contributed by atoms with E-state index in [4.69, 9.17) is 9.47 Å². The first-order valence-electron chi connectivity index (χ1n) is 6.55. The van der Waals surface area contributed by atoms with Crippen LogP contribution in [0.15, 0.2) is 48.5 Å². The molecule has 0 spiro atoms. The Hall–Kier alpha value is -1.94. The number of hydrogen-bond acceptors (Lipinski definition) is 4. The molecule has 0 aliphatic rings. The summed E-state index contributed by atoms with van der Waals surface area (Å²) in [4.78, 5) is 12.6. The van der Waals surface area contributed by atoms with Crippen molar-refractivity contribution in [2.45, 2.75) is 5.25 Å². The summed E-state index contributed by atoms with van der Waals surface area (Å²) in [5, 5.41) is -0.257. The van der Waals surface area contributed by atoms with Crippen LogP contribution in [0.1, 0.15) is 21.2 Å². The molecule has 0 heterocycles. The van der Waals surface area contributed by atoms with Crippen molar-refractivity contribution in [1.82, 2.24) is 0 Å². The largest absolute Gasteiger partial charge is 0.493 e. The molecule has 0 aromatic heterocycles. The highest BCUT2D eigenvalue weighted by Gasteiger charge is 2.22. The Balaban J connectivity index is 2.35. The third-order valence-corrected chi connectivity index (χ3v) is 4.20. The van der Waals surface area contributed by atoms with E-state index in [2.05, 4.69) is 0 Å². The maximum Gasteiger partial charge on any atom is 0.180 e. The summed E-state index contributed by atoms with van der Waals surface area (Å²) in [6.45, 7) is 0. The van der Waals surface area contributed by atoms with E-state index < -0.39 is 0 Å². The molecule has 0 saturated carbocycles. The number of carbonyl (C=O) groups is 1. The summed E-state index contributed by atoms with van der Waals surface area (Å²) in [5.41, 5.74) is 1.63. The van der Waals surface area contributed by atoms with E-state index in [1.165, 1.54) is 11.8 Å². The normalized spacial score (nSPS) is 11.8. The molecule has 0 N–H and O–H groups in total. The minimum absolute atomic E-state index is 0.0929. The molecule has 21 heavy (non-hydrogen) atoms. The van der Waals surface area contributed by atoms with Crippen LogP contribution in [0.5, 0.6) is 11.5 Å². The zero-order valence-electron chi connectivity index (χ0n) is 12.3. The molecule has 2 aromatic carbocycles. The molecular formula is C17H18O3S. The first kappa shape index (κ1) is 15.4. The van der Waals surface area contributed by atoms with E-state index >= 15 is 0 Å². The SMILES string of the molecule is COc1ccc(C(SC)C(=O)c2ccccc2)cc1OC. The van der Waals surface area contributed by atoms with E-state index in [0.29, 0.717) is 17.1 Å². The molecule has 0 aliphatic heterocycles. The van der Waals surface area contributed by atoms with E-state index in [1.54, 1.807) is 14.2 Å². The Morgan fingerprint density at radius 2 is 1.67 bits per heavy atom. The molecule has 4 heteroatoms. The number of carbonyl (C=O) groups excluding carboxylic acids is 1. The number of ether oxygens (including phenoxy) is 2. The Morgan fingerprint density at radius 3 is 2.24 bits per heavy atom. The highest BCUT2D eigenvalue weighted by Crippen LogP contribution is 2.36. The van der Waals surface area contributed by atoms with Gasteiger partial charge in [-0.25, -0.2) is 0 Å². The molecule has 0 amide bonds. The average Bonchev–Trinajstić information content (AvgIpc) is 2.56. The van der Waals surface area contributed by atoms with Crippen molar-refractivity contribution < 1.29 is 14.3 Å². The summed E-state index contributed by atoms with van der Waals surface area (Å²) in [6.07, 6.45) is 1.93. The lowest BCUT2D eigenvalue weighted by Crippen LogP contribution is -2.09. The van der Waals surface area contributed by atoms with E-state index in [-0.39, 0.29) is 11.0 Å². The fourth-order valence-electron chi connectivity index (χ4n) is 2.16. The van der Waals surface area contributed by atoms with Crippen LogP contribution >= 0.6 is 11.8 Å². The Morgan fingerprint density at radius 1 is 1.00 bits per heavy atom. The zero-order chi connectivity index (χ0) is 15.2. The van der Waals surface area contributed by atoms with Crippen LogP contribution < -0.4 is 9.47 Å². The standard InChI is InChI=1S/C17H18O3S/c1-19-14-10-9-13(11-15(14)20-2)17(21-3)16(18)12-7-5-4-6-8-12/h4-11,17H,1-3H3. The molecular weight excluding hydrogens is 284 g/mol. The minimum atomic E-state index is -0.257. The topological polar surface area (TPSA) is 35.5 Å². The van der Waals surface area contributed by atoms with Crippen molar-refractivity contribution in [3.63, 3.8) is 0 Å². The fraction of sp³-hybridized carbons (Fsp3) is 0.235. The van der Waals surface area contributed by atoms with Gasteiger partial charge in [0.2, 0.25) is 0 Å². The van der Waals surface area contributed by atoms with Gasteiger partial charge in [-0.2, -0.15) is 0 Å². The van der Waals surface area contributed by atoms with Crippen LogP contribution in [0.3, 0.4) is 0 Å². The van der Waals surface area contributed by atoms with Crippen LogP contribution in [0.2, 0.25) is 0 Å². The van der Waals surface area contributed by atoms with Gasteiger partial charge in [0.05, 0.1) is 19.5 Å². The number of thioether (sulfide) groups is 1. The first-order chi connectivity index (χ1) is 10.2. The van der Waals surface area contributed by atoms with Gasteiger partial charge >= 0.3 is 0 Å². The molecule has 110 valence electrons. The highest BCUT2D eigenvalue weighted by atomic mass is 32.2. The Bertz CT molecular complexity index is 611. The van der Waals surface area contributed by atoms with Gasteiger partial charge in [-0.15, -0.1) is 11.8 Å². The number of Topliss-reactive ketones (excluding diaryl/α,β-unsaturated/α-hetero) is 1. The van der Waals surface area contributed by atoms with Gasteiger partial charge in [-0.3, -0.25) is 4.79 Å². The lowest BCUT2D eigenvalue weighted by molar-refractivity contribution is 0.0989. The summed E-state index contributed by atoms with van der Waals surface area (Å²) < 4.78 is 10.5. The third kappa shape index (κ3) is 3.39. The van der Waals surface area contributed by atoms with Gasteiger partial charge in [0.25, 0.3) is 0 Å². The molecule has 0 saturated heterocycles. The van der Waals surface area contributed by atoms with E-state index in [9.17, 15) is 4.79 Å². The first-order valence-corrected chi connectivity index (χ1v) is 7.84. The third-order valence-electron chi connectivity index (χ3n) is 3.24. The number of methoxy groups -OCH3 is 2. The molecule has 1 unspecified atom stereocenters. The van der Waals surface area contributed by atoms with Crippen molar-refractivity contribution in [2.24, 2.45) is 0 Å². The lowest BCUT2D eigenvalue weighted by atomic mass is 10.0. The molecule has 1 atom stereocenters.